The summed E-state index contributed by atoms with van der Waals surface area (Å²) in [7, 11) is 0. The molecule has 1 aromatic carbocycles. The highest BCUT2D eigenvalue weighted by Gasteiger charge is 2.52. The van der Waals surface area contributed by atoms with Crippen molar-refractivity contribution in [1.29, 1.82) is 0 Å². The number of nitrogens with zero attached hydrogens (tertiary/aromatic N) is 1. The van der Waals surface area contributed by atoms with Crippen molar-refractivity contribution in [1.82, 2.24) is 4.90 Å². The van der Waals surface area contributed by atoms with Crippen LogP contribution in [0.3, 0.4) is 0 Å². The third-order valence-electron chi connectivity index (χ3n) is 2.80. The second-order valence-electron chi connectivity index (χ2n) is 3.57. The number of carbonyl (C=O) groups is 1. The molecule has 0 saturated carbocycles. The van der Waals surface area contributed by atoms with Crippen LogP contribution in [0.15, 0.2) is 24.3 Å². The van der Waals surface area contributed by atoms with Gasteiger partial charge in [-0.05, 0) is 6.07 Å². The molecule has 2 aliphatic heterocycles. The van der Waals surface area contributed by atoms with Crippen LogP contribution in [0.5, 0.6) is 0 Å². The van der Waals surface area contributed by atoms with Crippen molar-refractivity contribution in [2.75, 3.05) is 13.3 Å². The largest absolute Gasteiger partial charge is 0.365 e. The van der Waals surface area contributed by atoms with Gasteiger partial charge in [0, 0.05) is 11.1 Å². The molecule has 1 atom stereocenters. The van der Waals surface area contributed by atoms with Crippen LogP contribution in [0.4, 0.5) is 0 Å². The molecule has 1 amide bonds. The zero-order valence-electron chi connectivity index (χ0n) is 7.43. The van der Waals surface area contributed by atoms with Crippen LogP contribution < -0.4 is 0 Å². The first-order valence-corrected chi connectivity index (χ1v) is 4.45. The second kappa shape index (κ2) is 2.34. The number of fused-ring (bicyclic) bond motifs is 3. The molecule has 1 fully saturated rings. The van der Waals surface area contributed by atoms with Gasteiger partial charge in [0.1, 0.15) is 13.3 Å². The molecule has 1 aromatic rings. The smallest absolute Gasteiger partial charge is 0.258 e. The van der Waals surface area contributed by atoms with Crippen LogP contribution >= 0.6 is 0 Å². The first kappa shape index (κ1) is 7.96. The van der Waals surface area contributed by atoms with Gasteiger partial charge in [-0.1, -0.05) is 18.2 Å². The van der Waals surface area contributed by atoms with Gasteiger partial charge in [0.15, 0.2) is 5.72 Å². The molecular weight excluding hydrogens is 182 g/mol. The number of carbonyl (C=O) groups excluding carboxylic acids is 1. The number of hydrogen-bond acceptors (Lipinski definition) is 3. The van der Waals surface area contributed by atoms with E-state index in [9.17, 15) is 9.90 Å². The molecule has 4 nitrogen and oxygen atoms in total. The monoisotopic (exact) mass is 191 g/mol. The van der Waals surface area contributed by atoms with E-state index in [0.717, 1.165) is 0 Å². The number of amides is 1. The highest BCUT2D eigenvalue weighted by atomic mass is 16.5. The Morgan fingerprint density at radius 2 is 2.21 bits per heavy atom. The molecule has 4 heteroatoms. The average Bonchev–Trinajstić information content (AvgIpc) is 2.67. The van der Waals surface area contributed by atoms with Gasteiger partial charge in [-0.2, -0.15) is 0 Å². The van der Waals surface area contributed by atoms with E-state index in [4.69, 9.17) is 4.74 Å². The standard InChI is InChI=1S/C10H9NO3/c12-9-7-3-1-2-4-8(7)10(13)5-14-6-11(9)10/h1-4,13H,5-6H2. The Hall–Kier alpha value is -1.39. The Morgan fingerprint density at radius 3 is 3.07 bits per heavy atom. The van der Waals surface area contributed by atoms with Crippen molar-refractivity contribution in [2.45, 2.75) is 5.72 Å². The van der Waals surface area contributed by atoms with E-state index in [1.54, 1.807) is 18.2 Å². The van der Waals surface area contributed by atoms with Gasteiger partial charge in [0.25, 0.3) is 5.91 Å². The fraction of sp³-hybridized carbons (Fsp3) is 0.300. The van der Waals surface area contributed by atoms with E-state index >= 15 is 0 Å². The van der Waals surface area contributed by atoms with Gasteiger partial charge >= 0.3 is 0 Å². The zero-order chi connectivity index (χ0) is 9.76. The third-order valence-corrected chi connectivity index (χ3v) is 2.80. The van der Waals surface area contributed by atoms with Gasteiger partial charge in [0.2, 0.25) is 0 Å². The van der Waals surface area contributed by atoms with Gasteiger partial charge in [-0.3, -0.25) is 9.69 Å². The summed E-state index contributed by atoms with van der Waals surface area (Å²) in [5.74, 6) is -0.152. The summed E-state index contributed by atoms with van der Waals surface area (Å²) in [6, 6.07) is 7.10. The summed E-state index contributed by atoms with van der Waals surface area (Å²) in [4.78, 5) is 13.1. The Bertz CT molecular complexity index is 418. The van der Waals surface area contributed by atoms with Crippen molar-refractivity contribution in [3.05, 3.63) is 35.4 Å². The molecule has 0 bridgehead atoms. The minimum Gasteiger partial charge on any atom is -0.365 e. The molecule has 14 heavy (non-hydrogen) atoms. The number of ether oxygens (including phenoxy) is 1. The van der Waals surface area contributed by atoms with Gasteiger partial charge in [-0.15, -0.1) is 0 Å². The van der Waals surface area contributed by atoms with E-state index < -0.39 is 5.72 Å². The summed E-state index contributed by atoms with van der Waals surface area (Å²) < 4.78 is 5.10. The second-order valence-corrected chi connectivity index (χ2v) is 3.57. The summed E-state index contributed by atoms with van der Waals surface area (Å²) in [5.41, 5.74) is 0.00836. The minimum atomic E-state index is -1.23. The Balaban J connectivity index is 2.26. The average molecular weight is 191 g/mol. The van der Waals surface area contributed by atoms with E-state index in [1.165, 1.54) is 4.90 Å². The Kier molecular flexibility index (Phi) is 1.33. The molecule has 0 aromatic heterocycles. The molecule has 0 spiro atoms. The Labute approximate surface area is 80.7 Å². The SMILES string of the molecule is O=C1c2ccccc2C2(O)COCN12. The number of benzene rings is 1. The minimum absolute atomic E-state index is 0.152. The van der Waals surface area contributed by atoms with Crippen LogP contribution in [0, 0.1) is 0 Å². The van der Waals surface area contributed by atoms with Crippen LogP contribution in [-0.2, 0) is 10.5 Å². The van der Waals surface area contributed by atoms with E-state index in [0.29, 0.717) is 11.1 Å². The summed E-state index contributed by atoms with van der Waals surface area (Å²) in [6.45, 7) is 0.333. The molecule has 1 N–H and O–H groups in total. The topological polar surface area (TPSA) is 49.8 Å². The maximum atomic E-state index is 11.8. The first-order valence-electron chi connectivity index (χ1n) is 4.45. The molecule has 72 valence electrons. The molecule has 3 rings (SSSR count). The quantitative estimate of drug-likeness (QED) is 0.640. The molecule has 2 heterocycles. The zero-order valence-corrected chi connectivity index (χ0v) is 7.43. The van der Waals surface area contributed by atoms with Gasteiger partial charge in [-0.25, -0.2) is 0 Å². The Morgan fingerprint density at radius 1 is 1.43 bits per heavy atom. The summed E-state index contributed by atoms with van der Waals surface area (Å²) >= 11 is 0. The van der Waals surface area contributed by atoms with Crippen LogP contribution in [0.1, 0.15) is 15.9 Å². The highest BCUT2D eigenvalue weighted by molar-refractivity contribution is 5.99. The number of hydrogen-bond donors (Lipinski definition) is 1. The van der Waals surface area contributed by atoms with Gasteiger partial charge in [0.05, 0.1) is 0 Å². The lowest BCUT2D eigenvalue weighted by Gasteiger charge is -2.23. The van der Waals surface area contributed by atoms with E-state index in [1.807, 2.05) is 6.07 Å². The van der Waals surface area contributed by atoms with Crippen molar-refractivity contribution in [2.24, 2.45) is 0 Å². The maximum absolute atomic E-state index is 11.8. The lowest BCUT2D eigenvalue weighted by Crippen LogP contribution is -2.39. The number of aliphatic hydroxyl groups is 1. The lowest BCUT2D eigenvalue weighted by molar-refractivity contribution is -0.0502. The predicted molar refractivity (Wildman–Crippen MR) is 47.3 cm³/mol. The normalized spacial score (nSPS) is 29.2. The number of rotatable bonds is 0. The fourth-order valence-electron chi connectivity index (χ4n) is 2.08. The van der Waals surface area contributed by atoms with Crippen molar-refractivity contribution >= 4 is 5.91 Å². The maximum Gasteiger partial charge on any atom is 0.258 e. The van der Waals surface area contributed by atoms with E-state index in [-0.39, 0.29) is 19.2 Å². The van der Waals surface area contributed by atoms with Crippen molar-refractivity contribution < 1.29 is 14.6 Å². The molecule has 0 radical (unpaired) electrons. The van der Waals surface area contributed by atoms with Crippen LogP contribution in [0.2, 0.25) is 0 Å². The van der Waals surface area contributed by atoms with Crippen LogP contribution in [0.25, 0.3) is 0 Å². The fourth-order valence-corrected chi connectivity index (χ4v) is 2.08. The molecule has 1 unspecified atom stereocenters. The highest BCUT2D eigenvalue weighted by Crippen LogP contribution is 2.40. The molecule has 0 aliphatic carbocycles. The van der Waals surface area contributed by atoms with Gasteiger partial charge < -0.3 is 9.84 Å². The summed E-state index contributed by atoms with van der Waals surface area (Å²) in [5, 5.41) is 10.2. The molecular formula is C10H9NO3. The van der Waals surface area contributed by atoms with E-state index in [2.05, 4.69) is 0 Å². The van der Waals surface area contributed by atoms with Crippen LogP contribution in [-0.4, -0.2) is 29.3 Å². The predicted octanol–water partition coefficient (Wildman–Crippen LogP) is 0.275. The third kappa shape index (κ3) is 0.731. The van der Waals surface area contributed by atoms with Crippen molar-refractivity contribution in [3.8, 4) is 0 Å². The first-order chi connectivity index (χ1) is 6.73. The molecule has 2 aliphatic rings. The lowest BCUT2D eigenvalue weighted by atomic mass is 10.0. The summed E-state index contributed by atoms with van der Waals surface area (Å²) in [6.07, 6.45) is 0. The molecule has 1 saturated heterocycles. The van der Waals surface area contributed by atoms with Crippen molar-refractivity contribution in [3.63, 3.8) is 0 Å².